The summed E-state index contributed by atoms with van der Waals surface area (Å²) >= 11 is 2.06. The molecular formula is C11H16S. The quantitative estimate of drug-likeness (QED) is 0.585. The maximum atomic E-state index is 3.72. The molecule has 0 N–H and O–H groups in total. The molecule has 12 heavy (non-hydrogen) atoms. The van der Waals surface area contributed by atoms with Gasteiger partial charge < -0.3 is 0 Å². The van der Waals surface area contributed by atoms with Crippen LogP contribution in [0.5, 0.6) is 0 Å². The number of thioether (sulfide) groups is 1. The molecule has 0 amide bonds. The third-order valence-corrected chi connectivity index (χ3v) is 3.02. The first-order chi connectivity index (χ1) is 5.83. The largest absolute Gasteiger partial charge is 0.161 e. The first-order valence-electron chi connectivity index (χ1n) is 4.39. The van der Waals surface area contributed by atoms with Gasteiger partial charge in [0.2, 0.25) is 0 Å². The highest BCUT2D eigenvalue weighted by atomic mass is 32.2. The molecule has 1 heteroatoms. The van der Waals surface area contributed by atoms with Gasteiger partial charge in [0.15, 0.2) is 0 Å². The second-order valence-electron chi connectivity index (χ2n) is 3.05. The average molecular weight is 180 g/mol. The van der Waals surface area contributed by atoms with Crippen molar-refractivity contribution in [2.24, 2.45) is 0 Å². The van der Waals surface area contributed by atoms with Gasteiger partial charge in [0.25, 0.3) is 0 Å². The Bertz CT molecular complexity index is 203. The summed E-state index contributed by atoms with van der Waals surface area (Å²) in [5.41, 5.74) is 2.84. The van der Waals surface area contributed by atoms with Gasteiger partial charge in [-0.2, -0.15) is 11.8 Å². The van der Waals surface area contributed by atoms with Crippen molar-refractivity contribution in [3.63, 3.8) is 0 Å². The normalized spacial score (nSPS) is 19.1. The standard InChI is InChI=1S/C11H16S/c1-3-10(2)4-5-11-6-8-12-9-7-11/h3-5H,1,6-9H2,2H3/b10-4-. The first-order valence-corrected chi connectivity index (χ1v) is 5.55. The highest BCUT2D eigenvalue weighted by Gasteiger charge is 2.03. The third kappa shape index (κ3) is 3.31. The summed E-state index contributed by atoms with van der Waals surface area (Å²) < 4.78 is 0. The minimum absolute atomic E-state index is 1.25. The lowest BCUT2D eigenvalue weighted by Gasteiger charge is -2.12. The molecule has 1 heterocycles. The van der Waals surface area contributed by atoms with Crippen molar-refractivity contribution >= 4 is 11.8 Å². The summed E-state index contributed by atoms with van der Waals surface area (Å²) in [6.45, 7) is 5.81. The number of rotatable bonds is 2. The minimum atomic E-state index is 1.25. The minimum Gasteiger partial charge on any atom is -0.161 e. The van der Waals surface area contributed by atoms with Crippen LogP contribution in [-0.2, 0) is 0 Å². The topological polar surface area (TPSA) is 0 Å². The van der Waals surface area contributed by atoms with Crippen molar-refractivity contribution in [1.82, 2.24) is 0 Å². The van der Waals surface area contributed by atoms with E-state index < -0.39 is 0 Å². The van der Waals surface area contributed by atoms with Crippen molar-refractivity contribution in [2.45, 2.75) is 19.8 Å². The molecule has 1 aliphatic rings. The zero-order chi connectivity index (χ0) is 8.81. The van der Waals surface area contributed by atoms with Gasteiger partial charge in [0, 0.05) is 0 Å². The second kappa shape index (κ2) is 5.26. The van der Waals surface area contributed by atoms with Crippen LogP contribution in [0.15, 0.2) is 36.0 Å². The molecule has 0 saturated carbocycles. The summed E-state index contributed by atoms with van der Waals surface area (Å²) in [7, 11) is 0. The van der Waals surface area contributed by atoms with Crippen LogP contribution in [0.3, 0.4) is 0 Å². The fourth-order valence-corrected chi connectivity index (χ4v) is 2.13. The van der Waals surface area contributed by atoms with Gasteiger partial charge in [-0.3, -0.25) is 0 Å². The monoisotopic (exact) mass is 180 g/mol. The highest BCUT2D eigenvalue weighted by Crippen LogP contribution is 2.21. The van der Waals surface area contributed by atoms with E-state index in [0.717, 1.165) is 0 Å². The average Bonchev–Trinajstić information content (AvgIpc) is 2.16. The Morgan fingerprint density at radius 1 is 1.42 bits per heavy atom. The van der Waals surface area contributed by atoms with Crippen molar-refractivity contribution in [3.05, 3.63) is 36.0 Å². The van der Waals surface area contributed by atoms with Crippen LogP contribution in [0, 0.1) is 0 Å². The Morgan fingerprint density at radius 3 is 2.67 bits per heavy atom. The molecule has 1 aliphatic heterocycles. The van der Waals surface area contributed by atoms with E-state index in [1.54, 1.807) is 5.57 Å². The Morgan fingerprint density at radius 2 is 2.08 bits per heavy atom. The van der Waals surface area contributed by atoms with Crippen LogP contribution in [0.1, 0.15) is 19.8 Å². The van der Waals surface area contributed by atoms with E-state index in [4.69, 9.17) is 0 Å². The Labute approximate surface area is 79.4 Å². The SMILES string of the molecule is C=C/C(C)=C\C=C1CCSCC1. The van der Waals surface area contributed by atoms with Crippen molar-refractivity contribution < 1.29 is 0 Å². The molecule has 1 rings (SSSR count). The molecule has 1 saturated heterocycles. The Balaban J connectivity index is 2.49. The van der Waals surface area contributed by atoms with Gasteiger partial charge in [0.05, 0.1) is 0 Å². The smallest absolute Gasteiger partial charge is 0.00300 e. The van der Waals surface area contributed by atoms with Gasteiger partial charge >= 0.3 is 0 Å². The van der Waals surface area contributed by atoms with E-state index in [0.29, 0.717) is 0 Å². The highest BCUT2D eigenvalue weighted by molar-refractivity contribution is 7.99. The van der Waals surface area contributed by atoms with E-state index in [1.165, 1.54) is 29.9 Å². The zero-order valence-electron chi connectivity index (χ0n) is 7.68. The first kappa shape index (κ1) is 9.66. The van der Waals surface area contributed by atoms with Crippen LogP contribution >= 0.6 is 11.8 Å². The number of hydrogen-bond donors (Lipinski definition) is 0. The molecule has 0 aliphatic carbocycles. The predicted octanol–water partition coefficient (Wildman–Crippen LogP) is 3.57. The van der Waals surface area contributed by atoms with Crippen LogP contribution in [0.4, 0.5) is 0 Å². The summed E-state index contributed by atoms with van der Waals surface area (Å²) in [5, 5.41) is 0. The zero-order valence-corrected chi connectivity index (χ0v) is 8.49. The number of hydrogen-bond acceptors (Lipinski definition) is 1. The fourth-order valence-electron chi connectivity index (χ4n) is 1.12. The summed E-state index contributed by atoms with van der Waals surface area (Å²) in [6.07, 6.45) is 8.86. The molecule has 0 nitrogen and oxygen atoms in total. The van der Waals surface area contributed by atoms with Gasteiger partial charge in [-0.1, -0.05) is 36.0 Å². The van der Waals surface area contributed by atoms with Crippen molar-refractivity contribution in [3.8, 4) is 0 Å². The van der Waals surface area contributed by atoms with Gasteiger partial charge in [-0.15, -0.1) is 0 Å². The molecule has 0 radical (unpaired) electrons. The van der Waals surface area contributed by atoms with Gasteiger partial charge in [-0.05, 0) is 31.3 Å². The molecule has 0 aromatic rings. The van der Waals surface area contributed by atoms with Crippen LogP contribution < -0.4 is 0 Å². The molecule has 0 bridgehead atoms. The van der Waals surface area contributed by atoms with Crippen molar-refractivity contribution in [1.29, 1.82) is 0 Å². The lowest BCUT2D eigenvalue weighted by Crippen LogP contribution is -1.97. The number of allylic oxidation sites excluding steroid dienone is 5. The molecule has 0 aromatic heterocycles. The lowest BCUT2D eigenvalue weighted by atomic mass is 10.1. The van der Waals surface area contributed by atoms with Crippen LogP contribution in [-0.4, -0.2) is 11.5 Å². The Kier molecular flexibility index (Phi) is 4.23. The van der Waals surface area contributed by atoms with Gasteiger partial charge in [-0.25, -0.2) is 0 Å². The van der Waals surface area contributed by atoms with E-state index in [9.17, 15) is 0 Å². The molecule has 0 aromatic carbocycles. The summed E-state index contributed by atoms with van der Waals surface area (Å²) in [5.74, 6) is 2.60. The maximum absolute atomic E-state index is 3.72. The predicted molar refractivity (Wildman–Crippen MR) is 58.6 cm³/mol. The third-order valence-electron chi connectivity index (χ3n) is 2.04. The fraction of sp³-hybridized carbons (Fsp3) is 0.455. The second-order valence-corrected chi connectivity index (χ2v) is 4.28. The molecule has 0 unspecified atom stereocenters. The molecule has 0 spiro atoms. The lowest BCUT2D eigenvalue weighted by molar-refractivity contribution is 0.965. The van der Waals surface area contributed by atoms with Gasteiger partial charge in [0.1, 0.15) is 0 Å². The summed E-state index contributed by atoms with van der Waals surface area (Å²) in [6, 6.07) is 0. The van der Waals surface area contributed by atoms with E-state index >= 15 is 0 Å². The van der Waals surface area contributed by atoms with Crippen molar-refractivity contribution in [2.75, 3.05) is 11.5 Å². The maximum Gasteiger partial charge on any atom is -0.00300 e. The van der Waals surface area contributed by atoms with E-state index in [1.807, 2.05) is 6.08 Å². The molecular weight excluding hydrogens is 164 g/mol. The van der Waals surface area contributed by atoms with E-state index in [-0.39, 0.29) is 0 Å². The summed E-state index contributed by atoms with van der Waals surface area (Å²) in [4.78, 5) is 0. The van der Waals surface area contributed by atoms with E-state index in [2.05, 4.69) is 37.4 Å². The Hall–Kier alpha value is -0.430. The molecule has 66 valence electrons. The molecule has 0 atom stereocenters. The molecule has 1 fully saturated rings. The van der Waals surface area contributed by atoms with Crippen LogP contribution in [0.2, 0.25) is 0 Å². The van der Waals surface area contributed by atoms with Crippen LogP contribution in [0.25, 0.3) is 0 Å².